The van der Waals surface area contributed by atoms with E-state index in [-0.39, 0.29) is 17.8 Å². The molecule has 0 aromatic heterocycles. The number of ether oxygens (including phenoxy) is 4. The van der Waals surface area contributed by atoms with Crippen LogP contribution in [0.15, 0.2) is 60.7 Å². The van der Waals surface area contributed by atoms with Crippen molar-refractivity contribution in [2.24, 2.45) is 0 Å². The van der Waals surface area contributed by atoms with Crippen LogP contribution in [0.5, 0.6) is 46.0 Å². The smallest absolute Gasteiger partial charge is 0.212 e. The number of hydrogen-bond donors (Lipinski definition) is 1. The first-order chi connectivity index (χ1) is 20.4. The Kier molecular flexibility index (Phi) is 5.88. The Labute approximate surface area is 245 Å². The maximum atomic E-state index is 10.7. The molecule has 9 rings (SSSR count). The summed E-state index contributed by atoms with van der Waals surface area (Å²) in [7, 11) is 6.04. The molecule has 1 N–H and O–H groups in total. The molecular formula is C35H34N2O5. The third-order valence-electron chi connectivity index (χ3n) is 9.43. The van der Waals surface area contributed by atoms with Crippen molar-refractivity contribution < 1.29 is 24.1 Å². The average Bonchev–Trinajstić information content (AvgIpc) is 3.00. The van der Waals surface area contributed by atoms with E-state index in [4.69, 9.17) is 18.9 Å². The summed E-state index contributed by atoms with van der Waals surface area (Å²) in [5.74, 6) is 4.83. The predicted octanol–water partition coefficient (Wildman–Crippen LogP) is 6.95. The van der Waals surface area contributed by atoms with E-state index in [9.17, 15) is 5.11 Å². The molecule has 0 saturated carbocycles. The van der Waals surface area contributed by atoms with E-state index >= 15 is 0 Å². The lowest BCUT2D eigenvalue weighted by Gasteiger charge is -2.39. The van der Waals surface area contributed by atoms with Gasteiger partial charge in [0.2, 0.25) is 5.75 Å². The molecule has 214 valence electrons. The van der Waals surface area contributed by atoms with E-state index in [2.05, 4.69) is 54.2 Å². The molecule has 0 amide bonds. The number of aromatic hydroxyl groups is 1. The summed E-state index contributed by atoms with van der Waals surface area (Å²) in [6.45, 7) is 1.88. The highest BCUT2D eigenvalue weighted by Crippen LogP contribution is 2.56. The Balaban J connectivity index is 1.34. The van der Waals surface area contributed by atoms with Crippen LogP contribution < -0.4 is 18.9 Å². The monoisotopic (exact) mass is 562 g/mol. The summed E-state index contributed by atoms with van der Waals surface area (Å²) < 4.78 is 25.6. The topological polar surface area (TPSA) is 63.6 Å². The number of rotatable bonds is 1. The summed E-state index contributed by atoms with van der Waals surface area (Å²) in [6, 6.07) is 20.6. The van der Waals surface area contributed by atoms with Gasteiger partial charge in [-0.05, 0) is 110 Å². The summed E-state index contributed by atoms with van der Waals surface area (Å²) in [4.78, 5) is 4.80. The Morgan fingerprint density at radius 3 is 2.21 bits per heavy atom. The lowest BCUT2D eigenvalue weighted by Crippen LogP contribution is -2.34. The van der Waals surface area contributed by atoms with Gasteiger partial charge >= 0.3 is 0 Å². The zero-order chi connectivity index (χ0) is 28.5. The van der Waals surface area contributed by atoms with Crippen molar-refractivity contribution in [2.75, 3.05) is 34.3 Å². The lowest BCUT2D eigenvalue weighted by atomic mass is 9.86. The molecule has 7 nitrogen and oxygen atoms in total. The van der Waals surface area contributed by atoms with Gasteiger partial charge in [-0.3, -0.25) is 9.80 Å². The van der Waals surface area contributed by atoms with E-state index in [0.29, 0.717) is 29.4 Å². The van der Waals surface area contributed by atoms with Crippen molar-refractivity contribution in [1.82, 2.24) is 9.80 Å². The van der Waals surface area contributed by atoms with Crippen molar-refractivity contribution in [3.63, 3.8) is 0 Å². The second-order valence-corrected chi connectivity index (χ2v) is 12.0. The zero-order valence-electron chi connectivity index (χ0n) is 24.1. The summed E-state index contributed by atoms with van der Waals surface area (Å²) in [6.07, 6.45) is 3.41. The van der Waals surface area contributed by atoms with Gasteiger partial charge in [-0.1, -0.05) is 18.2 Å². The van der Waals surface area contributed by atoms with Gasteiger partial charge in [-0.25, -0.2) is 0 Å². The molecule has 4 aromatic rings. The molecule has 2 atom stereocenters. The molecule has 5 heterocycles. The number of phenolic OH excluding ortho intramolecular Hbond substituents is 1. The van der Waals surface area contributed by atoms with E-state index < -0.39 is 0 Å². The van der Waals surface area contributed by atoms with Crippen LogP contribution in [-0.4, -0.2) is 49.2 Å². The quantitative estimate of drug-likeness (QED) is 0.237. The number of benzene rings is 4. The van der Waals surface area contributed by atoms with Crippen LogP contribution in [-0.2, 0) is 25.7 Å². The average molecular weight is 563 g/mol. The fraction of sp³-hybridized carbons (Fsp3) is 0.314. The molecule has 0 spiro atoms. The fourth-order valence-corrected chi connectivity index (χ4v) is 7.05. The molecule has 0 radical (unpaired) electrons. The molecule has 7 heteroatoms. The van der Waals surface area contributed by atoms with E-state index in [1.807, 2.05) is 24.3 Å². The number of methoxy groups -OCH3 is 1. The minimum absolute atomic E-state index is 0.0330. The standard InChI is InChI=1S/C35H34N2O5/c1-36-12-10-22-17-30-31-19-25(22)26(36)14-20-4-7-24(8-5-20)40-29-16-21(6-9-28(29)38)15-27-33-23(11-13-37(27)2)18-32(39-3)34(41-30)35(33)42-31/h4-9,16-19,26-27,38H,10-15H2,1-3H3/t26-,27-/m0/s1. The fourth-order valence-electron chi connectivity index (χ4n) is 7.05. The molecule has 5 aliphatic rings. The minimum atomic E-state index is 0.0330. The molecule has 4 aromatic carbocycles. The molecule has 0 aliphatic carbocycles. The minimum Gasteiger partial charge on any atom is -0.504 e. The SMILES string of the molecule is COc1cc2c3c4c1Oc1cc5c(cc1O4)[C@H](Cc1ccc(cc1)Oc1cc(ccc1O)C[C@@H]3N(C)CC2)N(C)CC5. The lowest BCUT2D eigenvalue weighted by molar-refractivity contribution is 0.218. The van der Waals surface area contributed by atoms with Gasteiger partial charge < -0.3 is 24.1 Å². The van der Waals surface area contributed by atoms with Crippen LogP contribution in [0, 0.1) is 0 Å². The second-order valence-electron chi connectivity index (χ2n) is 12.0. The maximum absolute atomic E-state index is 10.7. The number of phenols is 1. The van der Waals surface area contributed by atoms with Crippen molar-refractivity contribution in [1.29, 1.82) is 0 Å². The Morgan fingerprint density at radius 2 is 1.40 bits per heavy atom. The van der Waals surface area contributed by atoms with Crippen molar-refractivity contribution in [3.8, 4) is 46.0 Å². The maximum Gasteiger partial charge on any atom is 0.212 e. The number of fused-ring (bicyclic) bond motifs is 2. The van der Waals surface area contributed by atoms with Gasteiger partial charge in [0.05, 0.1) is 7.11 Å². The Bertz CT molecular complexity index is 1720. The van der Waals surface area contributed by atoms with Crippen LogP contribution in [0.2, 0.25) is 0 Å². The van der Waals surface area contributed by atoms with Crippen LogP contribution in [0.1, 0.15) is 45.5 Å². The van der Waals surface area contributed by atoms with Gasteiger partial charge in [0, 0.05) is 30.7 Å². The van der Waals surface area contributed by atoms with Gasteiger partial charge in [-0.2, -0.15) is 0 Å². The van der Waals surface area contributed by atoms with Crippen LogP contribution in [0.3, 0.4) is 0 Å². The van der Waals surface area contributed by atoms with Crippen molar-refractivity contribution in [2.45, 2.75) is 37.8 Å². The third kappa shape index (κ3) is 4.10. The largest absolute Gasteiger partial charge is 0.504 e. The first kappa shape index (κ1) is 25.5. The van der Waals surface area contributed by atoms with E-state index in [0.717, 1.165) is 60.7 Å². The highest BCUT2D eigenvalue weighted by Gasteiger charge is 2.37. The normalized spacial score (nSPS) is 20.6. The summed E-state index contributed by atoms with van der Waals surface area (Å²) >= 11 is 0. The third-order valence-corrected chi connectivity index (χ3v) is 9.43. The molecule has 0 fully saturated rings. The van der Waals surface area contributed by atoms with Gasteiger partial charge in [0.1, 0.15) is 5.75 Å². The van der Waals surface area contributed by atoms with E-state index in [1.54, 1.807) is 13.2 Å². The van der Waals surface area contributed by atoms with Crippen LogP contribution in [0.4, 0.5) is 0 Å². The van der Waals surface area contributed by atoms with E-state index in [1.165, 1.54) is 22.3 Å². The summed E-state index contributed by atoms with van der Waals surface area (Å²) in [5, 5.41) is 10.7. The number of likely N-dealkylation sites (N-methyl/N-ethyl adjacent to an activating group) is 2. The van der Waals surface area contributed by atoms with Crippen LogP contribution >= 0.6 is 0 Å². The summed E-state index contributed by atoms with van der Waals surface area (Å²) in [5.41, 5.74) is 7.19. The Hall–Kier alpha value is -4.20. The predicted molar refractivity (Wildman–Crippen MR) is 160 cm³/mol. The Morgan fingerprint density at radius 1 is 0.714 bits per heavy atom. The molecule has 7 bridgehead atoms. The number of hydrogen-bond acceptors (Lipinski definition) is 7. The highest BCUT2D eigenvalue weighted by molar-refractivity contribution is 5.67. The van der Waals surface area contributed by atoms with Crippen molar-refractivity contribution >= 4 is 0 Å². The van der Waals surface area contributed by atoms with Gasteiger partial charge in [-0.15, -0.1) is 0 Å². The molecule has 5 aliphatic heterocycles. The molecule has 0 saturated heterocycles. The van der Waals surface area contributed by atoms with Crippen molar-refractivity contribution in [3.05, 3.63) is 94.0 Å². The molecular weight excluding hydrogens is 528 g/mol. The zero-order valence-corrected chi connectivity index (χ0v) is 24.1. The van der Waals surface area contributed by atoms with Crippen LogP contribution in [0.25, 0.3) is 0 Å². The highest BCUT2D eigenvalue weighted by atomic mass is 16.6. The first-order valence-corrected chi connectivity index (χ1v) is 14.7. The van der Waals surface area contributed by atoms with Gasteiger partial charge in [0.25, 0.3) is 0 Å². The number of nitrogens with zero attached hydrogens (tertiary/aromatic N) is 2. The van der Waals surface area contributed by atoms with Gasteiger partial charge in [0.15, 0.2) is 34.5 Å². The molecule has 42 heavy (non-hydrogen) atoms. The second kappa shape index (κ2) is 9.68. The first-order valence-electron chi connectivity index (χ1n) is 14.7. The molecule has 0 unspecified atom stereocenters.